The second kappa shape index (κ2) is 11.0. The zero-order valence-corrected chi connectivity index (χ0v) is 19.7. The van der Waals surface area contributed by atoms with Crippen LogP contribution in [0.4, 0.5) is 29.2 Å². The number of piperidine rings is 1. The second-order valence-electron chi connectivity index (χ2n) is 9.37. The van der Waals surface area contributed by atoms with E-state index in [1.807, 2.05) is 4.90 Å². The number of primary amides is 1. The third-order valence-electron chi connectivity index (χ3n) is 6.81. The highest BCUT2D eigenvalue weighted by molar-refractivity contribution is 5.80. The lowest BCUT2D eigenvalue weighted by Crippen LogP contribution is -2.50. The van der Waals surface area contributed by atoms with Gasteiger partial charge < -0.3 is 21.1 Å². The molecule has 1 saturated carbocycles. The summed E-state index contributed by atoms with van der Waals surface area (Å²) in [5, 5.41) is 12.5. The summed E-state index contributed by atoms with van der Waals surface area (Å²) >= 11 is 0. The van der Waals surface area contributed by atoms with Crippen molar-refractivity contribution in [3.05, 3.63) is 47.5 Å². The summed E-state index contributed by atoms with van der Waals surface area (Å²) in [5.74, 6) is -0.732. The molecular formula is C24H30F4N6O2. The van der Waals surface area contributed by atoms with Crippen LogP contribution in [-0.4, -0.2) is 64.2 Å². The minimum Gasteiger partial charge on any atom is -0.394 e. The highest BCUT2D eigenvalue weighted by atomic mass is 19.4. The average molecular weight is 511 g/mol. The topological polar surface area (TPSA) is 108 Å². The molecule has 2 aliphatic rings. The van der Waals surface area contributed by atoms with Crippen LogP contribution < -0.4 is 16.0 Å². The van der Waals surface area contributed by atoms with Crippen LogP contribution in [0.5, 0.6) is 0 Å². The molecule has 0 bridgehead atoms. The molecule has 1 aromatic carbocycles. The number of nitrogens with two attached hydrogens (primary N) is 1. The van der Waals surface area contributed by atoms with Crippen LogP contribution >= 0.6 is 0 Å². The van der Waals surface area contributed by atoms with Crippen LogP contribution in [0.3, 0.4) is 0 Å². The number of carbonyl (C=O) groups excluding carboxylic acids is 1. The van der Waals surface area contributed by atoms with Gasteiger partial charge in [0.15, 0.2) is 11.6 Å². The first kappa shape index (κ1) is 26.1. The van der Waals surface area contributed by atoms with Gasteiger partial charge in [-0.15, -0.1) is 0 Å². The lowest BCUT2D eigenvalue weighted by Gasteiger charge is -2.35. The molecule has 1 saturated heterocycles. The molecule has 1 aliphatic carbocycles. The first-order valence-corrected chi connectivity index (χ1v) is 12.0. The molecule has 1 amide bonds. The van der Waals surface area contributed by atoms with Gasteiger partial charge in [0, 0.05) is 19.1 Å². The molecule has 4 N–H and O–H groups in total. The molecule has 12 heteroatoms. The summed E-state index contributed by atoms with van der Waals surface area (Å²) in [7, 11) is 0. The number of carbonyl (C=O) groups is 1. The van der Waals surface area contributed by atoms with Crippen molar-refractivity contribution in [2.45, 2.75) is 50.5 Å². The zero-order chi connectivity index (χ0) is 25.9. The number of aliphatic hydroxyl groups is 1. The van der Waals surface area contributed by atoms with E-state index in [4.69, 9.17) is 5.73 Å². The van der Waals surface area contributed by atoms with Crippen molar-refractivity contribution in [2.75, 3.05) is 36.5 Å². The summed E-state index contributed by atoms with van der Waals surface area (Å²) in [6.07, 6.45) is 0.0747. The Morgan fingerprint density at radius 3 is 2.39 bits per heavy atom. The number of rotatable bonds is 10. The van der Waals surface area contributed by atoms with Crippen LogP contribution in [0.15, 0.2) is 30.6 Å². The van der Waals surface area contributed by atoms with Gasteiger partial charge in [-0.2, -0.15) is 17.6 Å². The summed E-state index contributed by atoms with van der Waals surface area (Å²) in [4.78, 5) is 23.3. The number of hydrogen-bond acceptors (Lipinski definition) is 7. The smallest absolute Gasteiger partial charge is 0.394 e. The van der Waals surface area contributed by atoms with E-state index >= 15 is 4.39 Å². The molecular weight excluding hydrogens is 480 g/mol. The maximum absolute atomic E-state index is 15.4. The number of anilines is 2. The Hall–Kier alpha value is -2.99. The predicted octanol–water partition coefficient (Wildman–Crippen LogP) is 2.77. The third-order valence-corrected chi connectivity index (χ3v) is 6.81. The third kappa shape index (κ3) is 6.22. The molecule has 1 atom stereocenters. The summed E-state index contributed by atoms with van der Waals surface area (Å²) in [6, 6.07) is 4.24. The number of nitrogens with zero attached hydrogens (tertiary/aromatic N) is 4. The van der Waals surface area contributed by atoms with Gasteiger partial charge in [-0.3, -0.25) is 9.69 Å². The van der Waals surface area contributed by atoms with E-state index in [9.17, 15) is 23.1 Å². The van der Waals surface area contributed by atoms with Crippen LogP contribution in [0.2, 0.25) is 0 Å². The Morgan fingerprint density at radius 1 is 1.17 bits per heavy atom. The fraction of sp³-hybridized carbons (Fsp3) is 0.542. The average Bonchev–Trinajstić information content (AvgIpc) is 3.68. The van der Waals surface area contributed by atoms with E-state index in [0.29, 0.717) is 25.2 Å². The molecule has 0 radical (unpaired) electrons. The quantitative estimate of drug-likeness (QED) is 0.422. The zero-order valence-electron chi connectivity index (χ0n) is 19.7. The molecule has 1 aliphatic heterocycles. The van der Waals surface area contributed by atoms with Crippen LogP contribution in [0, 0.1) is 11.7 Å². The van der Waals surface area contributed by atoms with Gasteiger partial charge in [-0.25, -0.2) is 9.97 Å². The number of aliphatic hydroxyl groups excluding tert-OH is 1. The number of hydrogen-bond donors (Lipinski definition) is 3. The van der Waals surface area contributed by atoms with Gasteiger partial charge in [-0.05, 0) is 62.4 Å². The van der Waals surface area contributed by atoms with Gasteiger partial charge >= 0.3 is 6.18 Å². The number of benzene rings is 1. The normalized spacial score (nSPS) is 18.1. The van der Waals surface area contributed by atoms with Gasteiger partial charge in [0.25, 0.3) is 0 Å². The monoisotopic (exact) mass is 510 g/mol. The van der Waals surface area contributed by atoms with Crippen LogP contribution in [0.1, 0.15) is 36.8 Å². The van der Waals surface area contributed by atoms with E-state index in [0.717, 1.165) is 37.8 Å². The molecule has 0 spiro atoms. The lowest BCUT2D eigenvalue weighted by atomic mass is 9.95. The van der Waals surface area contributed by atoms with Crippen LogP contribution in [0.25, 0.3) is 0 Å². The molecule has 196 valence electrons. The highest BCUT2D eigenvalue weighted by Gasteiger charge is 2.34. The van der Waals surface area contributed by atoms with E-state index < -0.39 is 29.5 Å². The Bertz CT molecular complexity index is 1040. The minimum absolute atomic E-state index is 0.0681. The van der Waals surface area contributed by atoms with Crippen molar-refractivity contribution >= 4 is 17.5 Å². The maximum atomic E-state index is 15.4. The number of aromatic nitrogens is 2. The van der Waals surface area contributed by atoms with Crippen molar-refractivity contribution in [1.82, 2.24) is 14.9 Å². The minimum atomic E-state index is -4.41. The standard InChI is InChI=1S/C24H30F4N6O2/c25-20-22(30-11-15-7-9-33(10-8-15)19(13-35)21(29)36)31-14-32-23(20)34(18-5-6-18)12-16-1-3-17(4-2-16)24(26,27)28/h1-4,14-15,18-19,35H,5-13H2,(H2,29,36)(H,30,31,32). The van der Waals surface area contributed by atoms with Gasteiger partial charge in [0.2, 0.25) is 11.7 Å². The second-order valence-corrected chi connectivity index (χ2v) is 9.37. The Kier molecular flexibility index (Phi) is 7.94. The molecule has 8 nitrogen and oxygen atoms in total. The summed E-state index contributed by atoms with van der Waals surface area (Å²) < 4.78 is 54.1. The van der Waals surface area contributed by atoms with E-state index in [1.54, 1.807) is 4.90 Å². The molecule has 36 heavy (non-hydrogen) atoms. The Balaban J connectivity index is 1.39. The van der Waals surface area contributed by atoms with Crippen LogP contribution in [-0.2, 0) is 17.5 Å². The van der Waals surface area contributed by atoms with Crippen molar-refractivity contribution in [3.8, 4) is 0 Å². The molecule has 1 unspecified atom stereocenters. The van der Waals surface area contributed by atoms with Gasteiger partial charge in [0.05, 0.1) is 12.2 Å². The lowest BCUT2D eigenvalue weighted by molar-refractivity contribution is -0.137. The summed E-state index contributed by atoms with van der Waals surface area (Å²) in [5.41, 5.74) is 5.25. The van der Waals surface area contributed by atoms with E-state index in [1.165, 1.54) is 18.5 Å². The predicted molar refractivity (Wildman–Crippen MR) is 125 cm³/mol. The van der Waals surface area contributed by atoms with Gasteiger partial charge in [0.1, 0.15) is 12.4 Å². The van der Waals surface area contributed by atoms with E-state index in [2.05, 4.69) is 15.3 Å². The van der Waals surface area contributed by atoms with Crippen molar-refractivity contribution in [2.24, 2.45) is 11.7 Å². The largest absolute Gasteiger partial charge is 0.416 e. The Morgan fingerprint density at radius 2 is 1.83 bits per heavy atom. The van der Waals surface area contributed by atoms with Gasteiger partial charge in [-0.1, -0.05) is 12.1 Å². The Labute approximate surface area is 206 Å². The fourth-order valence-electron chi connectivity index (χ4n) is 4.54. The number of likely N-dealkylation sites (tertiary alicyclic amines) is 1. The van der Waals surface area contributed by atoms with Crippen molar-refractivity contribution in [1.29, 1.82) is 0 Å². The van der Waals surface area contributed by atoms with Crippen molar-refractivity contribution in [3.63, 3.8) is 0 Å². The highest BCUT2D eigenvalue weighted by Crippen LogP contribution is 2.35. The SMILES string of the molecule is NC(=O)C(CO)N1CCC(CNc2ncnc(N(Cc3ccc(C(F)(F)F)cc3)C3CC3)c2F)CC1. The molecule has 4 rings (SSSR count). The first-order chi connectivity index (χ1) is 17.2. The fourth-order valence-corrected chi connectivity index (χ4v) is 4.54. The first-order valence-electron chi connectivity index (χ1n) is 12.0. The number of halogens is 4. The number of amides is 1. The molecule has 1 aromatic heterocycles. The molecule has 2 heterocycles. The molecule has 2 aromatic rings. The summed E-state index contributed by atoms with van der Waals surface area (Å²) in [6.45, 7) is 1.59. The molecule has 2 fully saturated rings. The number of nitrogens with one attached hydrogen (secondary N) is 1. The maximum Gasteiger partial charge on any atom is 0.416 e. The number of alkyl halides is 3. The van der Waals surface area contributed by atoms with Crippen molar-refractivity contribution < 1.29 is 27.5 Å². The van der Waals surface area contributed by atoms with E-state index in [-0.39, 0.29) is 36.7 Å².